The Balaban J connectivity index is 1.69. The summed E-state index contributed by atoms with van der Waals surface area (Å²) in [5.41, 5.74) is 0.120. The van der Waals surface area contributed by atoms with Gasteiger partial charge in [0.25, 0.3) is 5.91 Å². The van der Waals surface area contributed by atoms with E-state index >= 15 is 0 Å². The molecule has 1 atom stereocenters. The summed E-state index contributed by atoms with van der Waals surface area (Å²) < 4.78 is 33.2. The van der Waals surface area contributed by atoms with Gasteiger partial charge in [-0.1, -0.05) is 26.0 Å². The molecule has 2 heterocycles. The zero-order chi connectivity index (χ0) is 22.4. The number of hydrogen-bond acceptors (Lipinski definition) is 5. The van der Waals surface area contributed by atoms with E-state index in [1.54, 1.807) is 26.1 Å². The van der Waals surface area contributed by atoms with Crippen LogP contribution in [0.5, 0.6) is 0 Å². The number of carbonyl (C=O) groups excluding carboxylic acids is 2. The first-order valence-corrected chi connectivity index (χ1v) is 10.2. The van der Waals surface area contributed by atoms with Crippen LogP contribution in [0.4, 0.5) is 14.6 Å². The molecule has 1 aliphatic rings. The van der Waals surface area contributed by atoms with Gasteiger partial charge in [-0.2, -0.15) is 0 Å². The Hall–Kier alpha value is -3.07. The second kappa shape index (κ2) is 10.3. The summed E-state index contributed by atoms with van der Waals surface area (Å²) in [7, 11) is 0. The summed E-state index contributed by atoms with van der Waals surface area (Å²) in [4.78, 5) is 31.8. The molecule has 7 nitrogen and oxygen atoms in total. The van der Waals surface area contributed by atoms with Gasteiger partial charge in [0.15, 0.2) is 0 Å². The Morgan fingerprint density at radius 3 is 2.45 bits per heavy atom. The van der Waals surface area contributed by atoms with E-state index in [0.29, 0.717) is 26.3 Å². The lowest BCUT2D eigenvalue weighted by molar-refractivity contribution is -0.124. The predicted octanol–water partition coefficient (Wildman–Crippen LogP) is 2.27. The molecule has 3 rings (SSSR count). The summed E-state index contributed by atoms with van der Waals surface area (Å²) in [6.45, 7) is 6.31. The Bertz CT molecular complexity index is 912. The van der Waals surface area contributed by atoms with Crippen LogP contribution in [0.15, 0.2) is 36.5 Å². The number of benzene rings is 1. The van der Waals surface area contributed by atoms with Crippen LogP contribution in [0.2, 0.25) is 0 Å². The lowest BCUT2D eigenvalue weighted by Crippen LogP contribution is -2.50. The van der Waals surface area contributed by atoms with Crippen LogP contribution in [-0.2, 0) is 16.1 Å². The number of anilines is 1. The summed E-state index contributed by atoms with van der Waals surface area (Å²) in [6.07, 6.45) is 1.69. The number of pyridine rings is 1. The van der Waals surface area contributed by atoms with Gasteiger partial charge < -0.3 is 20.3 Å². The molecule has 0 spiro atoms. The van der Waals surface area contributed by atoms with Gasteiger partial charge in [0.05, 0.1) is 13.2 Å². The average molecular weight is 432 g/mol. The van der Waals surface area contributed by atoms with Crippen LogP contribution in [-0.4, -0.2) is 49.1 Å². The molecule has 1 saturated heterocycles. The van der Waals surface area contributed by atoms with Gasteiger partial charge in [0.1, 0.15) is 29.1 Å². The largest absolute Gasteiger partial charge is 0.378 e. The molecule has 1 aromatic heterocycles. The average Bonchev–Trinajstić information content (AvgIpc) is 2.76. The van der Waals surface area contributed by atoms with Crippen LogP contribution >= 0.6 is 0 Å². The molecule has 0 aliphatic carbocycles. The van der Waals surface area contributed by atoms with Crippen molar-refractivity contribution >= 4 is 17.6 Å². The maximum absolute atomic E-state index is 13.9. The number of amides is 2. The summed E-state index contributed by atoms with van der Waals surface area (Å²) in [5, 5.41) is 5.26. The molecular weight excluding hydrogens is 406 g/mol. The molecule has 0 radical (unpaired) electrons. The molecule has 2 N–H and O–H groups in total. The maximum atomic E-state index is 13.9. The van der Waals surface area contributed by atoms with Gasteiger partial charge in [-0.15, -0.1) is 0 Å². The molecule has 2 aromatic rings. The summed E-state index contributed by atoms with van der Waals surface area (Å²) in [5.74, 6) is -2.91. The van der Waals surface area contributed by atoms with Gasteiger partial charge >= 0.3 is 0 Å². The van der Waals surface area contributed by atoms with Crippen LogP contribution < -0.4 is 15.5 Å². The number of halogens is 2. The van der Waals surface area contributed by atoms with E-state index in [4.69, 9.17) is 4.74 Å². The van der Waals surface area contributed by atoms with Crippen molar-refractivity contribution in [2.75, 3.05) is 31.2 Å². The zero-order valence-electron chi connectivity index (χ0n) is 17.5. The number of aromatic nitrogens is 1. The van der Waals surface area contributed by atoms with Gasteiger partial charge in [0, 0.05) is 31.4 Å². The monoisotopic (exact) mass is 432 g/mol. The first-order chi connectivity index (χ1) is 14.9. The standard InChI is InChI=1S/C22H26F2N4O3/c1-14(2)19(27-21(29)18-16(23)6-3-7-17(18)24)22(30)26-13-15-5-4-8-25-20(15)28-9-11-31-12-10-28/h3-8,14,19H,9-13H2,1-2H3,(H,26,30)(H,27,29)/t19-/m1/s1. The Kier molecular flexibility index (Phi) is 7.51. The predicted molar refractivity (Wildman–Crippen MR) is 112 cm³/mol. The highest BCUT2D eigenvalue weighted by atomic mass is 19.1. The fourth-order valence-electron chi connectivity index (χ4n) is 3.38. The highest BCUT2D eigenvalue weighted by molar-refractivity contribution is 5.98. The quantitative estimate of drug-likeness (QED) is 0.701. The lowest BCUT2D eigenvalue weighted by Gasteiger charge is -2.29. The van der Waals surface area contributed by atoms with E-state index in [9.17, 15) is 18.4 Å². The minimum atomic E-state index is -0.981. The minimum absolute atomic E-state index is 0.201. The Labute approximate surface area is 179 Å². The number of ether oxygens (including phenoxy) is 1. The normalized spacial score (nSPS) is 14.9. The molecular formula is C22H26F2N4O3. The minimum Gasteiger partial charge on any atom is -0.378 e. The fourth-order valence-corrected chi connectivity index (χ4v) is 3.38. The molecule has 0 saturated carbocycles. The number of carbonyl (C=O) groups is 2. The van der Waals surface area contributed by atoms with E-state index in [1.165, 1.54) is 6.07 Å². The van der Waals surface area contributed by atoms with E-state index in [-0.39, 0.29) is 12.5 Å². The number of morpholine rings is 1. The van der Waals surface area contributed by atoms with Crippen molar-refractivity contribution in [3.8, 4) is 0 Å². The van der Waals surface area contributed by atoms with Crippen molar-refractivity contribution in [1.29, 1.82) is 0 Å². The topological polar surface area (TPSA) is 83.6 Å². The molecule has 2 amide bonds. The first kappa shape index (κ1) is 22.6. The van der Waals surface area contributed by atoms with Crippen molar-refractivity contribution < 1.29 is 23.1 Å². The van der Waals surface area contributed by atoms with Crippen molar-refractivity contribution in [3.05, 3.63) is 59.3 Å². The first-order valence-electron chi connectivity index (χ1n) is 10.2. The molecule has 0 bridgehead atoms. The third-order valence-corrected chi connectivity index (χ3v) is 5.06. The molecule has 1 fully saturated rings. The number of nitrogens with zero attached hydrogens (tertiary/aromatic N) is 2. The van der Waals surface area contributed by atoms with Crippen molar-refractivity contribution in [2.45, 2.75) is 26.4 Å². The number of nitrogens with one attached hydrogen (secondary N) is 2. The van der Waals surface area contributed by atoms with Crippen molar-refractivity contribution in [2.24, 2.45) is 5.92 Å². The highest BCUT2D eigenvalue weighted by Crippen LogP contribution is 2.19. The second-order valence-corrected chi connectivity index (χ2v) is 7.60. The molecule has 9 heteroatoms. The SMILES string of the molecule is CC(C)[C@@H](NC(=O)c1c(F)cccc1F)C(=O)NCc1cccnc1N1CCOCC1. The lowest BCUT2D eigenvalue weighted by atomic mass is 10.0. The van der Waals surface area contributed by atoms with Crippen LogP contribution in [0.3, 0.4) is 0 Å². The number of rotatable bonds is 7. The van der Waals surface area contributed by atoms with E-state index in [2.05, 4.69) is 20.5 Å². The second-order valence-electron chi connectivity index (χ2n) is 7.60. The van der Waals surface area contributed by atoms with Gasteiger partial charge in [-0.25, -0.2) is 13.8 Å². The summed E-state index contributed by atoms with van der Waals surface area (Å²) in [6, 6.07) is 5.86. The van der Waals surface area contributed by atoms with Crippen LogP contribution in [0.25, 0.3) is 0 Å². The van der Waals surface area contributed by atoms with E-state index in [1.807, 2.05) is 6.07 Å². The molecule has 31 heavy (non-hydrogen) atoms. The van der Waals surface area contributed by atoms with Crippen molar-refractivity contribution in [3.63, 3.8) is 0 Å². The molecule has 1 aromatic carbocycles. The Morgan fingerprint density at radius 1 is 1.13 bits per heavy atom. The van der Waals surface area contributed by atoms with Gasteiger partial charge in [-0.05, 0) is 24.1 Å². The Morgan fingerprint density at radius 2 is 1.81 bits per heavy atom. The molecule has 1 aliphatic heterocycles. The zero-order valence-corrected chi connectivity index (χ0v) is 17.5. The van der Waals surface area contributed by atoms with Crippen LogP contribution in [0.1, 0.15) is 29.8 Å². The van der Waals surface area contributed by atoms with E-state index < -0.39 is 35.1 Å². The third kappa shape index (κ3) is 5.55. The van der Waals surface area contributed by atoms with Gasteiger partial charge in [-0.3, -0.25) is 9.59 Å². The fraction of sp³-hybridized carbons (Fsp3) is 0.409. The van der Waals surface area contributed by atoms with Crippen LogP contribution in [0, 0.1) is 17.6 Å². The maximum Gasteiger partial charge on any atom is 0.257 e. The summed E-state index contributed by atoms with van der Waals surface area (Å²) >= 11 is 0. The smallest absolute Gasteiger partial charge is 0.257 e. The molecule has 166 valence electrons. The van der Waals surface area contributed by atoms with Gasteiger partial charge in [0.2, 0.25) is 5.91 Å². The molecule has 0 unspecified atom stereocenters. The highest BCUT2D eigenvalue weighted by Gasteiger charge is 2.27. The number of hydrogen-bond donors (Lipinski definition) is 2. The van der Waals surface area contributed by atoms with Crippen molar-refractivity contribution in [1.82, 2.24) is 15.6 Å². The van der Waals surface area contributed by atoms with E-state index in [0.717, 1.165) is 23.5 Å². The third-order valence-electron chi connectivity index (χ3n) is 5.06.